The molecule has 202 valence electrons. The van der Waals surface area contributed by atoms with Gasteiger partial charge in [-0.3, -0.25) is 24.2 Å². The third-order valence-corrected chi connectivity index (χ3v) is 7.08. The van der Waals surface area contributed by atoms with E-state index >= 15 is 0 Å². The summed E-state index contributed by atoms with van der Waals surface area (Å²) in [6.07, 6.45) is 10.1. The first-order valence-electron chi connectivity index (χ1n) is 13.5. The second-order valence-corrected chi connectivity index (χ2v) is 10.1. The van der Waals surface area contributed by atoms with E-state index < -0.39 is 0 Å². The highest BCUT2D eigenvalue weighted by atomic mass is 16.3. The molecule has 4 aromatic rings. The standard InChI is InChI=1S/C30H34N6O3/c1-35-19-23(18-31-35)21-7-5-8-22(17-21)29(39)34-30-33-25(20-36(30)26-10-3-2-4-11-26)9-6-12-28(38)32-24-13-15-27(37)16-14-24/h2-5,7-8,10-11,17-20,24,27,37H,6,9,12-16H2,1H3,(H,32,38)(H,33,34,39). The van der Waals surface area contributed by atoms with Gasteiger partial charge in [-0.1, -0.05) is 30.3 Å². The predicted molar refractivity (Wildman–Crippen MR) is 150 cm³/mol. The molecule has 3 N–H and O–H groups in total. The summed E-state index contributed by atoms with van der Waals surface area (Å²) >= 11 is 0. The number of aliphatic hydroxyl groups excluding tert-OH is 1. The monoisotopic (exact) mass is 526 g/mol. The van der Waals surface area contributed by atoms with E-state index in [2.05, 4.69) is 15.7 Å². The second kappa shape index (κ2) is 12.1. The fraction of sp³-hybridized carbons (Fsp3) is 0.333. The predicted octanol–water partition coefficient (Wildman–Crippen LogP) is 4.27. The van der Waals surface area contributed by atoms with E-state index in [9.17, 15) is 14.7 Å². The van der Waals surface area contributed by atoms with E-state index in [1.807, 2.05) is 72.5 Å². The lowest BCUT2D eigenvalue weighted by molar-refractivity contribution is -0.122. The number of imidazole rings is 1. The van der Waals surface area contributed by atoms with E-state index in [0.29, 0.717) is 30.8 Å². The summed E-state index contributed by atoms with van der Waals surface area (Å²) in [5, 5.41) is 20.0. The molecular formula is C30H34N6O3. The molecule has 0 saturated heterocycles. The van der Waals surface area contributed by atoms with Gasteiger partial charge in [0.1, 0.15) is 0 Å². The van der Waals surface area contributed by atoms with Gasteiger partial charge in [0.05, 0.1) is 18.0 Å². The van der Waals surface area contributed by atoms with E-state index in [4.69, 9.17) is 4.98 Å². The number of carbonyl (C=O) groups is 2. The minimum atomic E-state index is -0.257. The highest BCUT2D eigenvalue weighted by Crippen LogP contribution is 2.22. The molecule has 0 spiro atoms. The van der Waals surface area contributed by atoms with Crippen molar-refractivity contribution in [3.63, 3.8) is 0 Å². The topological polar surface area (TPSA) is 114 Å². The SMILES string of the molecule is Cn1cc(-c2cccc(C(=O)Nc3nc(CCCC(=O)NC4CCC(O)CC4)cn3-c3ccccc3)c2)cn1. The van der Waals surface area contributed by atoms with Crippen molar-refractivity contribution in [1.82, 2.24) is 24.6 Å². The van der Waals surface area contributed by atoms with Crippen molar-refractivity contribution < 1.29 is 14.7 Å². The van der Waals surface area contributed by atoms with E-state index in [1.54, 1.807) is 16.9 Å². The molecule has 1 aliphatic rings. The lowest BCUT2D eigenvalue weighted by Crippen LogP contribution is -2.38. The van der Waals surface area contributed by atoms with E-state index in [0.717, 1.165) is 48.2 Å². The summed E-state index contributed by atoms with van der Waals surface area (Å²) in [6, 6.07) is 17.3. The van der Waals surface area contributed by atoms with Crippen LogP contribution in [0.2, 0.25) is 0 Å². The number of aromatic nitrogens is 4. The van der Waals surface area contributed by atoms with E-state index in [1.165, 1.54) is 0 Å². The van der Waals surface area contributed by atoms with Crippen molar-refractivity contribution >= 4 is 17.8 Å². The molecule has 1 saturated carbocycles. The number of amides is 2. The van der Waals surface area contributed by atoms with Gasteiger partial charge in [-0.25, -0.2) is 4.98 Å². The van der Waals surface area contributed by atoms with Crippen molar-refractivity contribution in [2.75, 3.05) is 5.32 Å². The Bertz CT molecular complexity index is 1420. The Morgan fingerprint density at radius 1 is 1.00 bits per heavy atom. The maximum Gasteiger partial charge on any atom is 0.258 e. The Kier molecular flexibility index (Phi) is 8.17. The number of hydrogen-bond acceptors (Lipinski definition) is 5. The zero-order valence-corrected chi connectivity index (χ0v) is 22.1. The van der Waals surface area contributed by atoms with Crippen LogP contribution in [0.5, 0.6) is 0 Å². The molecule has 0 unspecified atom stereocenters. The Morgan fingerprint density at radius 3 is 2.54 bits per heavy atom. The molecule has 9 nitrogen and oxygen atoms in total. The normalized spacial score (nSPS) is 17.1. The van der Waals surface area contributed by atoms with Gasteiger partial charge in [0.2, 0.25) is 11.9 Å². The molecule has 0 radical (unpaired) electrons. The van der Waals surface area contributed by atoms with Gasteiger partial charge in [0.25, 0.3) is 5.91 Å². The summed E-state index contributed by atoms with van der Waals surface area (Å²) in [6.45, 7) is 0. The van der Waals surface area contributed by atoms with Crippen LogP contribution in [0.25, 0.3) is 16.8 Å². The van der Waals surface area contributed by atoms with Crippen LogP contribution in [0.3, 0.4) is 0 Å². The zero-order chi connectivity index (χ0) is 27.2. The number of nitrogens with one attached hydrogen (secondary N) is 2. The number of hydrogen-bond donors (Lipinski definition) is 3. The van der Waals surface area contributed by atoms with E-state index in [-0.39, 0.29) is 24.0 Å². The Labute approximate surface area is 227 Å². The third kappa shape index (κ3) is 6.80. The number of benzene rings is 2. The molecule has 1 aliphatic carbocycles. The molecule has 0 aliphatic heterocycles. The number of anilines is 1. The molecule has 1 fully saturated rings. The Hall–Kier alpha value is -4.24. The molecule has 9 heteroatoms. The minimum absolute atomic E-state index is 0.0286. The Balaban J connectivity index is 1.26. The fourth-order valence-electron chi connectivity index (χ4n) is 4.96. The molecular weight excluding hydrogens is 492 g/mol. The summed E-state index contributed by atoms with van der Waals surface area (Å²) in [4.78, 5) is 30.4. The summed E-state index contributed by atoms with van der Waals surface area (Å²) in [5.41, 5.74) is 4.04. The molecule has 2 aromatic carbocycles. The van der Waals surface area contributed by atoms with Crippen molar-refractivity contribution in [2.45, 2.75) is 57.1 Å². The highest BCUT2D eigenvalue weighted by molar-refractivity contribution is 6.04. The maximum atomic E-state index is 13.3. The van der Waals surface area contributed by atoms with Crippen LogP contribution in [-0.2, 0) is 18.3 Å². The van der Waals surface area contributed by atoms with Crippen LogP contribution in [0, 0.1) is 0 Å². The van der Waals surface area contributed by atoms with Gasteiger partial charge >= 0.3 is 0 Å². The molecule has 0 atom stereocenters. The smallest absolute Gasteiger partial charge is 0.258 e. The fourth-order valence-corrected chi connectivity index (χ4v) is 4.96. The first-order valence-corrected chi connectivity index (χ1v) is 13.5. The largest absolute Gasteiger partial charge is 0.393 e. The summed E-state index contributed by atoms with van der Waals surface area (Å²) in [7, 11) is 1.86. The van der Waals surface area contributed by atoms with Crippen LogP contribution >= 0.6 is 0 Å². The number of aliphatic hydroxyl groups is 1. The number of para-hydroxylation sites is 1. The van der Waals surface area contributed by atoms with Crippen LogP contribution in [0.15, 0.2) is 73.2 Å². The lowest BCUT2D eigenvalue weighted by Gasteiger charge is -2.26. The van der Waals surface area contributed by atoms with Crippen LogP contribution in [0.4, 0.5) is 5.95 Å². The number of aryl methyl sites for hydroxylation is 2. The maximum absolute atomic E-state index is 13.3. The van der Waals surface area contributed by atoms with Gasteiger partial charge < -0.3 is 10.4 Å². The number of rotatable bonds is 9. The second-order valence-electron chi connectivity index (χ2n) is 10.1. The van der Waals surface area contributed by atoms with Crippen molar-refractivity contribution in [3.8, 4) is 16.8 Å². The molecule has 39 heavy (non-hydrogen) atoms. The third-order valence-electron chi connectivity index (χ3n) is 7.08. The summed E-state index contributed by atoms with van der Waals surface area (Å²) in [5.74, 6) is 0.200. The van der Waals surface area contributed by atoms with Gasteiger partial charge in [-0.05, 0) is 68.4 Å². The van der Waals surface area contributed by atoms with Crippen LogP contribution in [-0.4, -0.2) is 48.4 Å². The van der Waals surface area contributed by atoms with Gasteiger partial charge in [0.15, 0.2) is 0 Å². The van der Waals surface area contributed by atoms with Crippen molar-refractivity contribution in [2.24, 2.45) is 7.05 Å². The minimum Gasteiger partial charge on any atom is -0.393 e. The first-order chi connectivity index (χ1) is 18.9. The number of carbonyl (C=O) groups excluding carboxylic acids is 2. The zero-order valence-electron chi connectivity index (χ0n) is 22.1. The van der Waals surface area contributed by atoms with Gasteiger partial charge in [-0.15, -0.1) is 0 Å². The van der Waals surface area contributed by atoms with Crippen LogP contribution < -0.4 is 10.6 Å². The average Bonchev–Trinajstić information content (AvgIpc) is 3.56. The van der Waals surface area contributed by atoms with Gasteiger partial charge in [0, 0.05) is 48.7 Å². The molecule has 0 bridgehead atoms. The summed E-state index contributed by atoms with van der Waals surface area (Å²) < 4.78 is 3.59. The van der Waals surface area contributed by atoms with Crippen molar-refractivity contribution in [1.29, 1.82) is 0 Å². The van der Waals surface area contributed by atoms with Crippen molar-refractivity contribution in [3.05, 3.63) is 84.4 Å². The number of nitrogens with zero attached hydrogens (tertiary/aromatic N) is 4. The lowest BCUT2D eigenvalue weighted by atomic mass is 9.93. The average molecular weight is 527 g/mol. The molecule has 2 aromatic heterocycles. The van der Waals surface area contributed by atoms with Gasteiger partial charge in [-0.2, -0.15) is 5.10 Å². The quantitative estimate of drug-likeness (QED) is 0.301. The first kappa shape index (κ1) is 26.4. The molecule has 2 heterocycles. The molecule has 5 rings (SSSR count). The van der Waals surface area contributed by atoms with Crippen LogP contribution in [0.1, 0.15) is 54.6 Å². The Morgan fingerprint density at radius 2 is 1.79 bits per heavy atom. The highest BCUT2D eigenvalue weighted by Gasteiger charge is 2.21. The molecule has 2 amide bonds.